The molecule has 35 heavy (non-hydrogen) atoms. The van der Waals surface area contributed by atoms with Crippen molar-refractivity contribution in [3.63, 3.8) is 0 Å². The van der Waals surface area contributed by atoms with Gasteiger partial charge in [0.05, 0.1) is 0 Å². The molecule has 2 nitrogen and oxygen atoms in total. The lowest BCUT2D eigenvalue weighted by Gasteiger charge is -2.29. The number of benzene rings is 4. The third-order valence-electron chi connectivity index (χ3n) is 7.38. The normalized spacial score (nSPS) is 12.1. The van der Waals surface area contributed by atoms with E-state index in [1.807, 2.05) is 48.5 Å². The number of phenolic OH excluding ortho intramolecular Hbond substituents is 2. The molecule has 0 aliphatic heterocycles. The van der Waals surface area contributed by atoms with Crippen LogP contribution in [-0.4, -0.2) is 10.2 Å². The van der Waals surface area contributed by atoms with Crippen LogP contribution in [0.2, 0.25) is 0 Å². The summed E-state index contributed by atoms with van der Waals surface area (Å²) in [7, 11) is 0. The van der Waals surface area contributed by atoms with Crippen LogP contribution in [0.4, 0.5) is 0 Å². The van der Waals surface area contributed by atoms with Crippen molar-refractivity contribution in [2.45, 2.75) is 58.8 Å². The first-order valence-electron chi connectivity index (χ1n) is 12.3. The number of hydrogen-bond donors (Lipinski definition) is 2. The Morgan fingerprint density at radius 2 is 0.886 bits per heavy atom. The highest BCUT2D eigenvalue weighted by Gasteiger charge is 2.30. The summed E-state index contributed by atoms with van der Waals surface area (Å²) in [6, 6.07) is 28.8. The Labute approximate surface area is 209 Å². The summed E-state index contributed by atoms with van der Waals surface area (Å²) in [5.74, 6) is 0.600. The van der Waals surface area contributed by atoms with Gasteiger partial charge < -0.3 is 10.2 Å². The van der Waals surface area contributed by atoms with Crippen LogP contribution >= 0.6 is 0 Å². The van der Waals surface area contributed by atoms with E-state index in [1.54, 1.807) is 0 Å². The molecular formula is C33H36O2. The van der Waals surface area contributed by atoms with E-state index < -0.39 is 0 Å². The third-order valence-corrected chi connectivity index (χ3v) is 7.38. The molecule has 0 atom stereocenters. The molecule has 4 aromatic carbocycles. The van der Waals surface area contributed by atoms with Crippen LogP contribution in [-0.2, 0) is 17.3 Å². The van der Waals surface area contributed by atoms with Crippen LogP contribution in [0, 0.1) is 13.8 Å². The zero-order valence-electron chi connectivity index (χ0n) is 21.7. The lowest BCUT2D eigenvalue weighted by atomic mass is 9.75. The van der Waals surface area contributed by atoms with E-state index >= 15 is 0 Å². The van der Waals surface area contributed by atoms with Gasteiger partial charge in [0.15, 0.2) is 0 Å². The Balaban J connectivity index is 1.79. The summed E-state index contributed by atoms with van der Waals surface area (Å²) in [4.78, 5) is 0. The highest BCUT2D eigenvalue weighted by atomic mass is 16.3. The smallest absolute Gasteiger partial charge is 0.123 e. The van der Waals surface area contributed by atoms with Gasteiger partial charge in [-0.15, -0.1) is 0 Å². The summed E-state index contributed by atoms with van der Waals surface area (Å²) in [6.07, 6.45) is 0.455. The van der Waals surface area contributed by atoms with Gasteiger partial charge in [-0.1, -0.05) is 124 Å². The van der Waals surface area contributed by atoms with Crippen molar-refractivity contribution in [3.05, 3.63) is 129 Å². The molecule has 0 radical (unpaired) electrons. The monoisotopic (exact) mass is 464 g/mol. The molecule has 0 spiro atoms. The predicted molar refractivity (Wildman–Crippen MR) is 146 cm³/mol. The summed E-state index contributed by atoms with van der Waals surface area (Å²) < 4.78 is 0. The van der Waals surface area contributed by atoms with Gasteiger partial charge in [-0.05, 0) is 36.1 Å². The fourth-order valence-electron chi connectivity index (χ4n) is 5.16. The Bertz CT molecular complexity index is 1230. The van der Waals surface area contributed by atoms with Crippen LogP contribution in [0.5, 0.6) is 11.5 Å². The molecule has 0 fully saturated rings. The summed E-state index contributed by atoms with van der Waals surface area (Å²) >= 11 is 0. The largest absolute Gasteiger partial charge is 0.507 e. The molecule has 0 saturated heterocycles. The fraction of sp³-hybridized carbons (Fsp3) is 0.273. The molecule has 0 aliphatic rings. The van der Waals surface area contributed by atoms with E-state index in [9.17, 15) is 10.2 Å². The fourth-order valence-corrected chi connectivity index (χ4v) is 5.16. The topological polar surface area (TPSA) is 40.5 Å². The molecule has 0 amide bonds. The standard InChI is InChI=1S/C33H36O2/c1-22-17-24(30(34)28(19-22)32(3,4)26-13-9-7-10-14-26)21-25-18-23(2)20-29(31(25)35)33(5,6)27-15-11-8-12-16-27/h7-20,34-35H,21H2,1-6H3. The van der Waals surface area contributed by atoms with E-state index in [1.165, 1.54) is 0 Å². The maximum absolute atomic E-state index is 11.5. The Hall–Kier alpha value is -3.52. The summed E-state index contributed by atoms with van der Waals surface area (Å²) in [5, 5.41) is 22.9. The molecule has 0 aromatic heterocycles. The first-order chi connectivity index (χ1) is 16.5. The zero-order chi connectivity index (χ0) is 25.4. The van der Waals surface area contributed by atoms with E-state index in [4.69, 9.17) is 0 Å². The van der Waals surface area contributed by atoms with Gasteiger partial charge in [-0.25, -0.2) is 0 Å². The SMILES string of the molecule is Cc1cc(Cc2cc(C)cc(C(C)(C)c3ccccc3)c2O)c(O)c(C(C)(C)c2ccccc2)c1. The number of hydrogen-bond acceptors (Lipinski definition) is 2. The lowest BCUT2D eigenvalue weighted by Crippen LogP contribution is -2.20. The van der Waals surface area contributed by atoms with Gasteiger partial charge in [0, 0.05) is 28.4 Å². The maximum Gasteiger partial charge on any atom is 0.123 e. The van der Waals surface area contributed by atoms with Crippen LogP contribution in [0.15, 0.2) is 84.9 Å². The zero-order valence-corrected chi connectivity index (χ0v) is 21.7. The first-order valence-corrected chi connectivity index (χ1v) is 12.3. The number of rotatable bonds is 6. The molecule has 0 bridgehead atoms. The van der Waals surface area contributed by atoms with Crippen molar-refractivity contribution in [2.75, 3.05) is 0 Å². The van der Waals surface area contributed by atoms with Gasteiger partial charge in [-0.3, -0.25) is 0 Å². The number of aryl methyl sites for hydroxylation is 2. The summed E-state index contributed by atoms with van der Waals surface area (Å²) in [5.41, 5.74) is 7.22. The van der Waals surface area contributed by atoms with Crippen molar-refractivity contribution in [2.24, 2.45) is 0 Å². The quantitative estimate of drug-likeness (QED) is 0.304. The molecule has 4 aromatic rings. The second-order valence-corrected chi connectivity index (χ2v) is 10.8. The molecular weight excluding hydrogens is 428 g/mol. The average molecular weight is 465 g/mol. The highest BCUT2D eigenvalue weighted by Crippen LogP contribution is 2.43. The predicted octanol–water partition coefficient (Wildman–Crippen LogP) is 7.96. The molecule has 2 heteroatoms. The minimum Gasteiger partial charge on any atom is -0.507 e. The Kier molecular flexibility index (Phi) is 6.51. The van der Waals surface area contributed by atoms with E-state index in [0.717, 1.165) is 44.5 Å². The minimum absolute atomic E-state index is 0.300. The van der Waals surface area contributed by atoms with Crippen molar-refractivity contribution >= 4 is 0 Å². The maximum atomic E-state index is 11.5. The summed E-state index contributed by atoms with van der Waals surface area (Å²) in [6.45, 7) is 12.7. The van der Waals surface area contributed by atoms with Gasteiger partial charge >= 0.3 is 0 Å². The lowest BCUT2D eigenvalue weighted by molar-refractivity contribution is 0.441. The minimum atomic E-state index is -0.360. The molecule has 0 saturated carbocycles. The highest BCUT2D eigenvalue weighted by molar-refractivity contribution is 5.56. The van der Waals surface area contributed by atoms with Gasteiger partial charge in [0.2, 0.25) is 0 Å². The van der Waals surface area contributed by atoms with Gasteiger partial charge in [-0.2, -0.15) is 0 Å². The third kappa shape index (κ3) is 4.71. The van der Waals surface area contributed by atoms with E-state index in [2.05, 4.69) is 77.9 Å². The van der Waals surface area contributed by atoms with Crippen LogP contribution < -0.4 is 0 Å². The Morgan fingerprint density at radius 3 is 1.23 bits per heavy atom. The molecule has 0 aliphatic carbocycles. The average Bonchev–Trinajstić information content (AvgIpc) is 2.84. The molecule has 0 unspecified atom stereocenters. The van der Waals surface area contributed by atoms with Crippen molar-refractivity contribution in [3.8, 4) is 11.5 Å². The second-order valence-electron chi connectivity index (χ2n) is 10.8. The van der Waals surface area contributed by atoms with Gasteiger partial charge in [0.25, 0.3) is 0 Å². The van der Waals surface area contributed by atoms with Crippen molar-refractivity contribution in [1.82, 2.24) is 0 Å². The first kappa shape index (κ1) is 24.6. The molecule has 180 valence electrons. The molecule has 4 rings (SSSR count). The van der Waals surface area contributed by atoms with Crippen LogP contribution in [0.25, 0.3) is 0 Å². The molecule has 2 N–H and O–H groups in total. The van der Waals surface area contributed by atoms with Crippen molar-refractivity contribution < 1.29 is 10.2 Å². The van der Waals surface area contributed by atoms with E-state index in [0.29, 0.717) is 17.9 Å². The Morgan fingerprint density at radius 1 is 0.543 bits per heavy atom. The molecule has 0 heterocycles. The van der Waals surface area contributed by atoms with Crippen LogP contribution in [0.3, 0.4) is 0 Å². The van der Waals surface area contributed by atoms with Gasteiger partial charge in [0.1, 0.15) is 11.5 Å². The van der Waals surface area contributed by atoms with E-state index in [-0.39, 0.29) is 10.8 Å². The second kappa shape index (κ2) is 9.26. The van der Waals surface area contributed by atoms with Crippen molar-refractivity contribution in [1.29, 1.82) is 0 Å². The van der Waals surface area contributed by atoms with Crippen LogP contribution in [0.1, 0.15) is 72.2 Å². The number of phenols is 2. The number of aromatic hydroxyl groups is 2.